The van der Waals surface area contributed by atoms with Gasteiger partial charge in [-0.1, -0.05) is 12.1 Å². The van der Waals surface area contributed by atoms with Gasteiger partial charge in [0.15, 0.2) is 0 Å². The first-order chi connectivity index (χ1) is 9.16. The third kappa shape index (κ3) is 3.86. The SMILES string of the molecule is Cc1cc(F)ccc1CCNC(C)c1ccccn1. The molecule has 0 amide bonds. The third-order valence-electron chi connectivity index (χ3n) is 3.28. The zero-order valence-electron chi connectivity index (χ0n) is 11.4. The number of nitrogens with zero attached hydrogens (tertiary/aromatic N) is 1. The van der Waals surface area contributed by atoms with Crippen LogP contribution in [0.3, 0.4) is 0 Å². The smallest absolute Gasteiger partial charge is 0.123 e. The van der Waals surface area contributed by atoms with Crippen LogP contribution in [0.4, 0.5) is 4.39 Å². The van der Waals surface area contributed by atoms with Gasteiger partial charge >= 0.3 is 0 Å². The molecule has 1 unspecified atom stereocenters. The van der Waals surface area contributed by atoms with E-state index >= 15 is 0 Å². The van der Waals surface area contributed by atoms with Gasteiger partial charge in [0.05, 0.1) is 5.69 Å². The molecule has 0 saturated carbocycles. The minimum absolute atomic E-state index is 0.170. The maximum atomic E-state index is 13.0. The largest absolute Gasteiger partial charge is 0.309 e. The van der Waals surface area contributed by atoms with Crippen LogP contribution in [0.2, 0.25) is 0 Å². The van der Waals surface area contributed by atoms with E-state index in [1.165, 1.54) is 11.6 Å². The summed E-state index contributed by atoms with van der Waals surface area (Å²) in [6, 6.07) is 11.1. The lowest BCUT2D eigenvalue weighted by molar-refractivity contribution is 0.563. The lowest BCUT2D eigenvalue weighted by Crippen LogP contribution is -2.22. The van der Waals surface area contributed by atoms with Gasteiger partial charge in [-0.3, -0.25) is 4.98 Å². The number of aryl methyl sites for hydroxylation is 1. The standard InChI is InChI=1S/C16H19FN2/c1-12-11-15(17)7-6-14(12)8-10-18-13(2)16-5-3-4-9-19-16/h3-7,9,11,13,18H,8,10H2,1-2H3. The predicted molar refractivity (Wildman–Crippen MR) is 75.5 cm³/mol. The van der Waals surface area contributed by atoms with Gasteiger partial charge in [0.25, 0.3) is 0 Å². The van der Waals surface area contributed by atoms with Gasteiger partial charge < -0.3 is 5.32 Å². The molecule has 1 aromatic carbocycles. The average Bonchev–Trinajstić information content (AvgIpc) is 2.42. The summed E-state index contributed by atoms with van der Waals surface area (Å²) in [5.74, 6) is -0.170. The summed E-state index contributed by atoms with van der Waals surface area (Å²) < 4.78 is 13.0. The Kier molecular flexibility index (Phi) is 4.63. The first kappa shape index (κ1) is 13.7. The van der Waals surface area contributed by atoms with Gasteiger partial charge in [0.2, 0.25) is 0 Å². The molecule has 1 N–H and O–H groups in total. The maximum Gasteiger partial charge on any atom is 0.123 e. The number of hydrogen-bond donors (Lipinski definition) is 1. The first-order valence-electron chi connectivity index (χ1n) is 6.56. The van der Waals surface area contributed by atoms with E-state index in [1.54, 1.807) is 12.3 Å². The van der Waals surface area contributed by atoms with E-state index < -0.39 is 0 Å². The van der Waals surface area contributed by atoms with E-state index in [1.807, 2.05) is 31.2 Å². The van der Waals surface area contributed by atoms with Crippen molar-refractivity contribution >= 4 is 0 Å². The summed E-state index contributed by atoms with van der Waals surface area (Å²) >= 11 is 0. The molecule has 19 heavy (non-hydrogen) atoms. The van der Waals surface area contributed by atoms with E-state index in [-0.39, 0.29) is 11.9 Å². The molecule has 0 aliphatic heterocycles. The van der Waals surface area contributed by atoms with Crippen molar-refractivity contribution in [1.82, 2.24) is 10.3 Å². The summed E-state index contributed by atoms with van der Waals surface area (Å²) in [5.41, 5.74) is 3.23. The summed E-state index contributed by atoms with van der Waals surface area (Å²) in [4.78, 5) is 4.32. The Morgan fingerprint density at radius 3 is 2.79 bits per heavy atom. The Hall–Kier alpha value is -1.74. The van der Waals surface area contributed by atoms with Gasteiger partial charge in [0, 0.05) is 12.2 Å². The van der Waals surface area contributed by atoms with Crippen molar-refractivity contribution in [3.63, 3.8) is 0 Å². The fraction of sp³-hybridized carbons (Fsp3) is 0.312. The number of halogens is 1. The Morgan fingerprint density at radius 2 is 2.11 bits per heavy atom. The Balaban J connectivity index is 1.86. The minimum atomic E-state index is -0.170. The highest BCUT2D eigenvalue weighted by Gasteiger charge is 2.05. The third-order valence-corrected chi connectivity index (χ3v) is 3.28. The van der Waals surface area contributed by atoms with Crippen LogP contribution < -0.4 is 5.32 Å². The highest BCUT2D eigenvalue weighted by atomic mass is 19.1. The molecule has 0 bridgehead atoms. The molecular formula is C16H19FN2. The number of hydrogen-bond acceptors (Lipinski definition) is 2. The molecule has 0 radical (unpaired) electrons. The molecule has 1 atom stereocenters. The topological polar surface area (TPSA) is 24.9 Å². The molecule has 0 aliphatic carbocycles. The molecule has 1 aromatic heterocycles. The van der Waals surface area contributed by atoms with Crippen LogP contribution in [0.25, 0.3) is 0 Å². The highest BCUT2D eigenvalue weighted by Crippen LogP contribution is 2.12. The maximum absolute atomic E-state index is 13.0. The number of aromatic nitrogens is 1. The molecule has 100 valence electrons. The Bertz CT molecular complexity index is 526. The van der Waals surface area contributed by atoms with Crippen molar-refractivity contribution in [3.8, 4) is 0 Å². The highest BCUT2D eigenvalue weighted by molar-refractivity contribution is 5.26. The van der Waals surface area contributed by atoms with Crippen LogP contribution in [0.5, 0.6) is 0 Å². The van der Waals surface area contributed by atoms with Crippen molar-refractivity contribution in [2.45, 2.75) is 26.3 Å². The number of nitrogens with one attached hydrogen (secondary N) is 1. The zero-order valence-corrected chi connectivity index (χ0v) is 11.4. The Labute approximate surface area is 113 Å². The van der Waals surface area contributed by atoms with E-state index in [0.717, 1.165) is 24.2 Å². The van der Waals surface area contributed by atoms with Crippen molar-refractivity contribution in [1.29, 1.82) is 0 Å². The van der Waals surface area contributed by atoms with Gasteiger partial charge in [-0.15, -0.1) is 0 Å². The molecule has 0 spiro atoms. The van der Waals surface area contributed by atoms with Crippen LogP contribution in [0.1, 0.15) is 29.8 Å². The number of benzene rings is 1. The van der Waals surface area contributed by atoms with Crippen molar-refractivity contribution in [3.05, 3.63) is 65.2 Å². The normalized spacial score (nSPS) is 12.4. The average molecular weight is 258 g/mol. The molecule has 3 heteroatoms. The number of pyridine rings is 1. The summed E-state index contributed by atoms with van der Waals surface area (Å²) in [7, 11) is 0. The first-order valence-corrected chi connectivity index (χ1v) is 6.56. The lowest BCUT2D eigenvalue weighted by Gasteiger charge is -2.13. The van der Waals surface area contributed by atoms with Gasteiger partial charge in [0.1, 0.15) is 5.82 Å². The van der Waals surface area contributed by atoms with E-state index in [9.17, 15) is 4.39 Å². The predicted octanol–water partition coefficient (Wildman–Crippen LogP) is 3.42. The van der Waals surface area contributed by atoms with E-state index in [4.69, 9.17) is 0 Å². The number of rotatable bonds is 5. The van der Waals surface area contributed by atoms with Gasteiger partial charge in [-0.2, -0.15) is 0 Å². The van der Waals surface area contributed by atoms with Crippen molar-refractivity contribution in [2.24, 2.45) is 0 Å². The second kappa shape index (κ2) is 6.43. The minimum Gasteiger partial charge on any atom is -0.309 e. The van der Waals surface area contributed by atoms with Crippen molar-refractivity contribution < 1.29 is 4.39 Å². The monoisotopic (exact) mass is 258 g/mol. The molecule has 0 aliphatic rings. The lowest BCUT2D eigenvalue weighted by atomic mass is 10.1. The fourth-order valence-electron chi connectivity index (χ4n) is 2.10. The van der Waals surface area contributed by atoms with E-state index in [0.29, 0.717) is 0 Å². The van der Waals surface area contributed by atoms with Gasteiger partial charge in [-0.25, -0.2) is 4.39 Å². The van der Waals surface area contributed by atoms with Crippen LogP contribution >= 0.6 is 0 Å². The molecule has 2 nitrogen and oxygen atoms in total. The molecule has 2 aromatic rings. The summed E-state index contributed by atoms with van der Waals surface area (Å²) in [5, 5.41) is 3.43. The van der Waals surface area contributed by atoms with E-state index in [2.05, 4.69) is 17.2 Å². The molecule has 0 saturated heterocycles. The molecular weight excluding hydrogens is 239 g/mol. The van der Waals surface area contributed by atoms with Crippen LogP contribution in [0, 0.1) is 12.7 Å². The van der Waals surface area contributed by atoms with Crippen LogP contribution in [-0.4, -0.2) is 11.5 Å². The van der Waals surface area contributed by atoms with Gasteiger partial charge in [-0.05, 0) is 62.2 Å². The molecule has 1 heterocycles. The van der Waals surface area contributed by atoms with Crippen LogP contribution in [-0.2, 0) is 6.42 Å². The van der Waals surface area contributed by atoms with Crippen LogP contribution in [0.15, 0.2) is 42.6 Å². The summed E-state index contributed by atoms with van der Waals surface area (Å²) in [6.45, 7) is 4.89. The molecule has 0 fully saturated rings. The fourth-order valence-corrected chi connectivity index (χ4v) is 2.10. The van der Waals surface area contributed by atoms with Crippen molar-refractivity contribution in [2.75, 3.05) is 6.54 Å². The second-order valence-corrected chi connectivity index (χ2v) is 4.75. The molecule has 2 rings (SSSR count). The quantitative estimate of drug-likeness (QED) is 0.888. The Morgan fingerprint density at radius 1 is 1.26 bits per heavy atom. The summed E-state index contributed by atoms with van der Waals surface area (Å²) in [6.07, 6.45) is 2.70. The second-order valence-electron chi connectivity index (χ2n) is 4.75. The zero-order chi connectivity index (χ0) is 13.7.